The second-order valence-corrected chi connectivity index (χ2v) is 6.97. The third kappa shape index (κ3) is 3.83. The molecular weight excluding hydrogens is 316 g/mol. The monoisotopic (exact) mass is 344 g/mol. The third-order valence-electron chi connectivity index (χ3n) is 4.89. The largest absolute Gasteiger partial charge is 0.368 e. The molecule has 0 aliphatic rings. The van der Waals surface area contributed by atoms with Gasteiger partial charge in [-0.1, -0.05) is 51.8 Å². The van der Waals surface area contributed by atoms with E-state index in [1.165, 1.54) is 0 Å². The predicted octanol–water partition coefficient (Wildman–Crippen LogP) is 2.86. The van der Waals surface area contributed by atoms with E-state index in [0.717, 1.165) is 36.7 Å². The number of aromatic nitrogens is 2. The summed E-state index contributed by atoms with van der Waals surface area (Å²) in [6, 6.07) is 7.65. The molecule has 1 atom stereocenters. The molecule has 3 N–H and O–H groups in total. The van der Waals surface area contributed by atoms with Crippen LogP contribution < -0.4 is 11.1 Å². The van der Waals surface area contributed by atoms with E-state index in [-0.39, 0.29) is 11.8 Å². The highest BCUT2D eigenvalue weighted by Crippen LogP contribution is 2.22. The molecule has 2 aromatic rings. The first-order valence-electron chi connectivity index (χ1n) is 8.89. The summed E-state index contributed by atoms with van der Waals surface area (Å²) in [7, 11) is 0. The van der Waals surface area contributed by atoms with E-state index in [2.05, 4.69) is 17.3 Å². The van der Waals surface area contributed by atoms with Gasteiger partial charge in [0.2, 0.25) is 5.91 Å². The highest BCUT2D eigenvalue weighted by atomic mass is 16.2. The second-order valence-electron chi connectivity index (χ2n) is 6.97. The molecule has 0 saturated carbocycles. The van der Waals surface area contributed by atoms with Gasteiger partial charge >= 0.3 is 0 Å². The van der Waals surface area contributed by atoms with Gasteiger partial charge in [-0.3, -0.25) is 14.3 Å². The van der Waals surface area contributed by atoms with Crippen molar-refractivity contribution < 1.29 is 9.59 Å². The fraction of sp³-hybridized carbons (Fsp3) is 0.526. The minimum absolute atomic E-state index is 0.133. The first kappa shape index (κ1) is 19.0. The number of fused-ring (bicyclic) bond motifs is 1. The van der Waals surface area contributed by atoms with Crippen LogP contribution in [0.2, 0.25) is 0 Å². The Morgan fingerprint density at radius 1 is 1.28 bits per heavy atom. The fourth-order valence-electron chi connectivity index (χ4n) is 2.76. The zero-order valence-electron chi connectivity index (χ0n) is 15.5. The Bertz CT molecular complexity index is 766. The molecule has 6 heteroatoms. The number of amides is 2. The summed E-state index contributed by atoms with van der Waals surface area (Å²) in [6.45, 7) is 8.27. The predicted molar refractivity (Wildman–Crippen MR) is 99.2 cm³/mol. The van der Waals surface area contributed by atoms with E-state index in [9.17, 15) is 9.59 Å². The molecule has 0 aliphatic heterocycles. The zero-order valence-corrected chi connectivity index (χ0v) is 15.5. The van der Waals surface area contributed by atoms with Gasteiger partial charge in [0.1, 0.15) is 5.54 Å². The summed E-state index contributed by atoms with van der Waals surface area (Å²) in [5.74, 6) is -1.06. The van der Waals surface area contributed by atoms with Crippen molar-refractivity contribution in [3.05, 3.63) is 30.0 Å². The van der Waals surface area contributed by atoms with Crippen molar-refractivity contribution in [1.82, 2.24) is 15.1 Å². The average Bonchev–Trinajstić information content (AvgIpc) is 2.94. The zero-order chi connectivity index (χ0) is 18.6. The normalized spacial score (nSPS) is 13.8. The SMILES string of the molecule is CCCCCn1nc(C(=O)NC(C)(C(N)=O)C(C)C)c2ccccc21. The number of para-hydroxylation sites is 1. The van der Waals surface area contributed by atoms with Crippen LogP contribution in [-0.4, -0.2) is 27.1 Å². The van der Waals surface area contributed by atoms with Crippen molar-refractivity contribution in [2.45, 2.75) is 59.0 Å². The summed E-state index contributed by atoms with van der Waals surface area (Å²) in [5.41, 5.74) is 5.66. The Morgan fingerprint density at radius 2 is 1.96 bits per heavy atom. The van der Waals surface area contributed by atoms with Crippen LogP contribution in [0.4, 0.5) is 0 Å². The van der Waals surface area contributed by atoms with Gasteiger partial charge < -0.3 is 11.1 Å². The van der Waals surface area contributed by atoms with E-state index in [1.54, 1.807) is 6.92 Å². The van der Waals surface area contributed by atoms with Crippen molar-refractivity contribution in [3.8, 4) is 0 Å². The molecule has 0 saturated heterocycles. The lowest BCUT2D eigenvalue weighted by molar-refractivity contribution is -0.125. The minimum atomic E-state index is -1.12. The van der Waals surface area contributed by atoms with Crippen molar-refractivity contribution in [3.63, 3.8) is 0 Å². The number of rotatable bonds is 8. The summed E-state index contributed by atoms with van der Waals surface area (Å²) in [4.78, 5) is 24.7. The number of nitrogens with two attached hydrogens (primary N) is 1. The maximum atomic E-state index is 12.8. The Morgan fingerprint density at radius 3 is 2.56 bits per heavy atom. The van der Waals surface area contributed by atoms with Crippen LogP contribution in [-0.2, 0) is 11.3 Å². The molecule has 136 valence electrons. The first-order valence-corrected chi connectivity index (χ1v) is 8.89. The molecule has 1 heterocycles. The molecule has 6 nitrogen and oxygen atoms in total. The average molecular weight is 344 g/mol. The lowest BCUT2D eigenvalue weighted by Crippen LogP contribution is -2.58. The van der Waals surface area contributed by atoms with E-state index in [1.807, 2.05) is 42.8 Å². The van der Waals surface area contributed by atoms with Gasteiger partial charge in [-0.2, -0.15) is 5.10 Å². The second kappa shape index (κ2) is 7.68. The number of unbranched alkanes of at least 4 members (excludes halogenated alkanes) is 2. The van der Waals surface area contributed by atoms with Crippen LogP contribution in [0.1, 0.15) is 57.4 Å². The summed E-state index contributed by atoms with van der Waals surface area (Å²) < 4.78 is 1.87. The van der Waals surface area contributed by atoms with Crippen LogP contribution in [0.3, 0.4) is 0 Å². The fourth-order valence-corrected chi connectivity index (χ4v) is 2.76. The van der Waals surface area contributed by atoms with Crippen molar-refractivity contribution in [2.24, 2.45) is 11.7 Å². The number of primary amides is 1. The molecule has 2 rings (SSSR count). The molecule has 1 aromatic heterocycles. The highest BCUT2D eigenvalue weighted by molar-refractivity contribution is 6.06. The van der Waals surface area contributed by atoms with Gasteiger partial charge in [0.15, 0.2) is 5.69 Å². The number of hydrogen-bond donors (Lipinski definition) is 2. The maximum Gasteiger partial charge on any atom is 0.273 e. The van der Waals surface area contributed by atoms with E-state index >= 15 is 0 Å². The quantitative estimate of drug-likeness (QED) is 0.722. The Hall–Kier alpha value is -2.37. The van der Waals surface area contributed by atoms with E-state index < -0.39 is 11.4 Å². The number of carbonyl (C=O) groups is 2. The highest BCUT2D eigenvalue weighted by Gasteiger charge is 2.37. The topological polar surface area (TPSA) is 90.0 Å². The standard InChI is InChI=1S/C19H28N4O2/c1-5-6-9-12-23-15-11-8-7-10-14(15)16(22-23)17(24)21-19(4,13(2)3)18(20)25/h7-8,10-11,13H,5-6,9,12H2,1-4H3,(H2,20,25)(H,21,24). The Kier molecular flexibility index (Phi) is 5.82. The molecule has 0 aliphatic carbocycles. The van der Waals surface area contributed by atoms with Crippen LogP contribution in [0.5, 0.6) is 0 Å². The lowest BCUT2D eigenvalue weighted by Gasteiger charge is -2.31. The summed E-state index contributed by atoms with van der Waals surface area (Å²) in [5, 5.41) is 8.09. The molecule has 0 bridgehead atoms. The summed E-state index contributed by atoms with van der Waals surface area (Å²) in [6.07, 6.45) is 3.24. The Balaban J connectivity index is 2.36. The van der Waals surface area contributed by atoms with Gasteiger partial charge in [-0.25, -0.2) is 0 Å². The van der Waals surface area contributed by atoms with Crippen LogP contribution in [0.25, 0.3) is 10.9 Å². The van der Waals surface area contributed by atoms with Gasteiger partial charge in [-0.05, 0) is 25.3 Å². The third-order valence-corrected chi connectivity index (χ3v) is 4.89. The number of aryl methyl sites for hydroxylation is 1. The number of hydrogen-bond acceptors (Lipinski definition) is 3. The number of nitrogens with zero attached hydrogens (tertiary/aromatic N) is 2. The molecule has 0 radical (unpaired) electrons. The van der Waals surface area contributed by atoms with Crippen molar-refractivity contribution in [1.29, 1.82) is 0 Å². The van der Waals surface area contributed by atoms with Crippen molar-refractivity contribution >= 4 is 22.7 Å². The van der Waals surface area contributed by atoms with E-state index in [0.29, 0.717) is 5.69 Å². The lowest BCUT2D eigenvalue weighted by atomic mass is 9.87. The molecule has 2 amide bonds. The smallest absolute Gasteiger partial charge is 0.273 e. The molecule has 1 unspecified atom stereocenters. The summed E-state index contributed by atoms with van der Waals surface area (Å²) >= 11 is 0. The maximum absolute atomic E-state index is 12.8. The molecule has 0 fully saturated rings. The van der Waals surface area contributed by atoms with E-state index in [4.69, 9.17) is 5.73 Å². The van der Waals surface area contributed by atoms with Gasteiger partial charge in [0.25, 0.3) is 5.91 Å². The van der Waals surface area contributed by atoms with Gasteiger partial charge in [-0.15, -0.1) is 0 Å². The number of nitrogens with one attached hydrogen (secondary N) is 1. The molecule has 25 heavy (non-hydrogen) atoms. The molecular formula is C19H28N4O2. The molecule has 0 spiro atoms. The molecule has 1 aromatic carbocycles. The number of carbonyl (C=O) groups excluding carboxylic acids is 2. The van der Waals surface area contributed by atoms with Gasteiger partial charge in [0, 0.05) is 11.9 Å². The number of benzene rings is 1. The minimum Gasteiger partial charge on any atom is -0.368 e. The Labute approximate surface area is 148 Å². The van der Waals surface area contributed by atoms with Crippen LogP contribution in [0.15, 0.2) is 24.3 Å². The van der Waals surface area contributed by atoms with Crippen LogP contribution >= 0.6 is 0 Å². The van der Waals surface area contributed by atoms with Crippen molar-refractivity contribution in [2.75, 3.05) is 0 Å². The first-order chi connectivity index (χ1) is 11.8. The van der Waals surface area contributed by atoms with Gasteiger partial charge in [0.05, 0.1) is 5.52 Å². The van der Waals surface area contributed by atoms with Crippen LogP contribution in [0, 0.1) is 5.92 Å².